The lowest BCUT2D eigenvalue weighted by molar-refractivity contribution is -0.139. The number of imidazole rings is 1. The number of methoxy groups -OCH3 is 1. The molecule has 13 heteroatoms. The summed E-state index contributed by atoms with van der Waals surface area (Å²) in [6.07, 6.45) is 8.03. The molecule has 0 radical (unpaired) electrons. The van der Waals surface area contributed by atoms with Gasteiger partial charge in [0, 0.05) is 36.0 Å². The summed E-state index contributed by atoms with van der Waals surface area (Å²) in [7, 11) is 3.07. The van der Waals surface area contributed by atoms with E-state index in [1.165, 1.54) is 25.4 Å². The fourth-order valence-electron chi connectivity index (χ4n) is 4.06. The van der Waals surface area contributed by atoms with Gasteiger partial charge in [0.15, 0.2) is 6.61 Å². The maximum absolute atomic E-state index is 13.3. The number of carbonyl (C=O) groups excluding carboxylic acids is 1. The van der Waals surface area contributed by atoms with Gasteiger partial charge in [-0.1, -0.05) is 0 Å². The van der Waals surface area contributed by atoms with Gasteiger partial charge in [0.2, 0.25) is 0 Å². The second-order valence-corrected chi connectivity index (χ2v) is 8.69. The van der Waals surface area contributed by atoms with Crippen molar-refractivity contribution in [3.05, 3.63) is 48.5 Å². The summed E-state index contributed by atoms with van der Waals surface area (Å²) >= 11 is 0. The predicted octanol–water partition coefficient (Wildman–Crippen LogP) is 3.37. The molecule has 3 heterocycles. The number of fused-ring (bicyclic) bond motifs is 1. The number of alkyl halides is 2. The number of halogens is 2. The second kappa shape index (κ2) is 10.00. The van der Waals surface area contributed by atoms with Crippen molar-refractivity contribution in [3.8, 4) is 39.6 Å². The van der Waals surface area contributed by atoms with Crippen LogP contribution in [-0.4, -0.2) is 62.5 Å². The van der Waals surface area contributed by atoms with Gasteiger partial charge in [-0.05, 0) is 31.0 Å². The van der Waals surface area contributed by atoms with Crippen molar-refractivity contribution in [1.29, 1.82) is 0 Å². The number of hydrogen-bond donors (Lipinski definition) is 2. The lowest BCUT2D eigenvalue weighted by Gasteiger charge is -2.17. The summed E-state index contributed by atoms with van der Waals surface area (Å²) < 4.78 is 45.5. The number of nitrogens with one attached hydrogen (secondary N) is 1. The van der Waals surface area contributed by atoms with Crippen LogP contribution in [0.4, 0.5) is 8.78 Å². The molecular weight excluding hydrogens is 504 g/mol. The number of nitrogens with zero attached hydrogens (tertiary/aromatic N) is 4. The Hall–Kier alpha value is -4.68. The van der Waals surface area contributed by atoms with Crippen LogP contribution < -0.4 is 19.5 Å². The molecule has 198 valence electrons. The van der Waals surface area contributed by atoms with Crippen LogP contribution in [0.3, 0.4) is 0 Å². The maximum atomic E-state index is 13.3. The maximum Gasteiger partial charge on any atom is 0.387 e. The van der Waals surface area contributed by atoms with Gasteiger partial charge in [-0.3, -0.25) is 13.9 Å². The molecule has 2 N–H and O–H groups in total. The van der Waals surface area contributed by atoms with Gasteiger partial charge in [-0.25, -0.2) is 9.78 Å². The van der Waals surface area contributed by atoms with E-state index in [0.717, 1.165) is 12.8 Å². The molecule has 5 rings (SSSR count). The molecule has 3 aromatic heterocycles. The Morgan fingerprint density at radius 2 is 1.89 bits per heavy atom. The molecule has 0 spiro atoms. The number of carboxylic acid groups (broad SMARTS) is 1. The number of aromatic nitrogens is 4. The monoisotopic (exact) mass is 527 g/mol. The lowest BCUT2D eigenvalue weighted by Crippen LogP contribution is -2.26. The van der Waals surface area contributed by atoms with Crippen molar-refractivity contribution < 1.29 is 37.7 Å². The van der Waals surface area contributed by atoms with E-state index in [1.54, 1.807) is 40.8 Å². The van der Waals surface area contributed by atoms with Crippen molar-refractivity contribution >= 4 is 17.5 Å². The Bertz CT molecular complexity index is 1530. The number of pyridine rings is 1. The molecule has 0 aliphatic heterocycles. The molecule has 1 aromatic carbocycles. The Balaban J connectivity index is 1.64. The first kappa shape index (κ1) is 25.0. The van der Waals surface area contributed by atoms with Gasteiger partial charge in [-0.15, -0.1) is 0 Å². The second-order valence-electron chi connectivity index (χ2n) is 8.69. The van der Waals surface area contributed by atoms with Gasteiger partial charge < -0.3 is 24.6 Å². The first-order chi connectivity index (χ1) is 18.2. The molecule has 0 bridgehead atoms. The highest BCUT2D eigenvalue weighted by Crippen LogP contribution is 2.38. The number of ether oxygens (including phenoxy) is 3. The minimum Gasteiger partial charge on any atom is -0.496 e. The van der Waals surface area contributed by atoms with Gasteiger partial charge in [-0.2, -0.15) is 13.9 Å². The number of amides is 1. The molecule has 38 heavy (non-hydrogen) atoms. The fraction of sp³-hybridized carbons (Fsp3) is 0.280. The van der Waals surface area contributed by atoms with Crippen molar-refractivity contribution in [3.63, 3.8) is 0 Å². The quantitative estimate of drug-likeness (QED) is 0.321. The van der Waals surface area contributed by atoms with Crippen LogP contribution in [0.5, 0.6) is 17.2 Å². The standard InChI is InChI=1S/C25H23F2N5O6/c1-31-10-14(8-29-31)16-7-21-28-9-17(32(21)11-20(16)37-12-22(33)34)13-5-18(36-2)23(19(6-13)38-25(26)27)24(35)30-15-3-4-15/h5-11,15,25H,3-4,12H2,1-2H3,(H,30,35)(H,33,34). The first-order valence-electron chi connectivity index (χ1n) is 11.6. The molecule has 1 amide bonds. The third-order valence-electron chi connectivity index (χ3n) is 5.92. The number of hydrogen-bond acceptors (Lipinski definition) is 7. The van der Waals surface area contributed by atoms with Crippen molar-refractivity contribution in [2.24, 2.45) is 7.05 Å². The third kappa shape index (κ3) is 5.08. The zero-order valence-corrected chi connectivity index (χ0v) is 20.4. The summed E-state index contributed by atoms with van der Waals surface area (Å²) in [5, 5.41) is 16.1. The summed E-state index contributed by atoms with van der Waals surface area (Å²) in [4.78, 5) is 28.5. The highest BCUT2D eigenvalue weighted by atomic mass is 19.3. The zero-order valence-electron chi connectivity index (χ0n) is 20.4. The average Bonchev–Trinajstić information content (AvgIpc) is 3.41. The number of aliphatic carboxylic acids is 1. The van der Waals surface area contributed by atoms with E-state index in [9.17, 15) is 18.4 Å². The molecule has 11 nitrogen and oxygen atoms in total. The largest absolute Gasteiger partial charge is 0.496 e. The summed E-state index contributed by atoms with van der Waals surface area (Å²) in [5.74, 6) is -1.80. The first-order valence-corrected chi connectivity index (χ1v) is 11.6. The summed E-state index contributed by atoms with van der Waals surface area (Å²) in [6.45, 7) is -3.77. The van der Waals surface area contributed by atoms with Gasteiger partial charge in [0.05, 0.1) is 31.4 Å². The molecule has 1 saturated carbocycles. The van der Waals surface area contributed by atoms with E-state index >= 15 is 0 Å². The van der Waals surface area contributed by atoms with Crippen LogP contribution in [0.1, 0.15) is 23.2 Å². The Morgan fingerprint density at radius 1 is 1.13 bits per heavy atom. The normalized spacial score (nSPS) is 13.1. The van der Waals surface area contributed by atoms with Crippen LogP contribution >= 0.6 is 0 Å². The SMILES string of the molecule is COc1cc(-c2cnc3cc(-c4cnn(C)c4)c(OCC(=O)O)cn23)cc(OC(F)F)c1C(=O)NC1CC1. The van der Waals surface area contributed by atoms with Crippen LogP contribution in [0.25, 0.3) is 28.0 Å². The Labute approximate surface area is 214 Å². The lowest BCUT2D eigenvalue weighted by atomic mass is 10.1. The van der Waals surface area contributed by atoms with Crippen LogP contribution in [0.2, 0.25) is 0 Å². The highest BCUT2D eigenvalue weighted by molar-refractivity contribution is 6.01. The number of aryl methyl sites for hydroxylation is 1. The van der Waals surface area contributed by atoms with E-state index in [2.05, 4.69) is 15.4 Å². The van der Waals surface area contributed by atoms with Crippen molar-refractivity contribution in [2.45, 2.75) is 25.5 Å². The number of carboxylic acids is 1. The van der Waals surface area contributed by atoms with E-state index < -0.39 is 25.1 Å². The van der Waals surface area contributed by atoms with Gasteiger partial charge in [0.25, 0.3) is 5.91 Å². The number of carbonyl (C=O) groups is 2. The molecule has 1 aliphatic carbocycles. The summed E-state index contributed by atoms with van der Waals surface area (Å²) in [5.41, 5.74) is 2.38. The predicted molar refractivity (Wildman–Crippen MR) is 130 cm³/mol. The molecule has 0 saturated heterocycles. The van der Waals surface area contributed by atoms with Crippen LogP contribution in [0, 0.1) is 0 Å². The van der Waals surface area contributed by atoms with E-state index in [1.807, 2.05) is 0 Å². The van der Waals surface area contributed by atoms with Crippen molar-refractivity contribution in [1.82, 2.24) is 24.5 Å². The molecular formula is C25H23F2N5O6. The Morgan fingerprint density at radius 3 is 2.53 bits per heavy atom. The molecule has 0 unspecified atom stereocenters. The molecule has 4 aromatic rings. The highest BCUT2D eigenvalue weighted by Gasteiger charge is 2.29. The van der Waals surface area contributed by atoms with Gasteiger partial charge in [0.1, 0.15) is 28.5 Å². The molecule has 1 aliphatic rings. The fourth-order valence-corrected chi connectivity index (χ4v) is 4.06. The third-order valence-corrected chi connectivity index (χ3v) is 5.92. The zero-order chi connectivity index (χ0) is 27.0. The Kier molecular flexibility index (Phi) is 6.57. The van der Waals surface area contributed by atoms with E-state index in [4.69, 9.17) is 19.3 Å². The van der Waals surface area contributed by atoms with Crippen LogP contribution in [0.15, 0.2) is 43.0 Å². The van der Waals surface area contributed by atoms with E-state index in [0.29, 0.717) is 28.0 Å². The van der Waals surface area contributed by atoms with Crippen molar-refractivity contribution in [2.75, 3.05) is 13.7 Å². The topological polar surface area (TPSA) is 129 Å². The van der Waals surface area contributed by atoms with E-state index in [-0.39, 0.29) is 28.9 Å². The molecule has 1 fully saturated rings. The molecule has 0 atom stereocenters. The number of rotatable bonds is 10. The number of benzene rings is 1. The van der Waals surface area contributed by atoms with Crippen LogP contribution in [-0.2, 0) is 11.8 Å². The summed E-state index contributed by atoms with van der Waals surface area (Å²) in [6, 6.07) is 4.52. The average molecular weight is 527 g/mol. The minimum absolute atomic E-state index is 0.0108. The smallest absolute Gasteiger partial charge is 0.387 e. The van der Waals surface area contributed by atoms with Gasteiger partial charge >= 0.3 is 12.6 Å². The minimum atomic E-state index is -3.18.